The third-order valence-corrected chi connectivity index (χ3v) is 8.40. The molecule has 0 heterocycles. The van der Waals surface area contributed by atoms with Gasteiger partial charge in [-0.05, 0) is 41.5 Å². The summed E-state index contributed by atoms with van der Waals surface area (Å²) in [7, 11) is -4.04. The van der Waals surface area contributed by atoms with Crippen LogP contribution in [0.5, 0.6) is 0 Å². The lowest BCUT2D eigenvalue weighted by Gasteiger charge is -2.32. The van der Waals surface area contributed by atoms with E-state index in [9.17, 15) is 28.2 Å². The summed E-state index contributed by atoms with van der Waals surface area (Å²) >= 11 is 0. The van der Waals surface area contributed by atoms with Gasteiger partial charge in [0.05, 0.1) is 23.3 Å². The molecule has 0 bridgehead atoms. The number of amides is 2. The number of nitrogens with zero attached hydrogens (tertiary/aromatic N) is 2. The van der Waals surface area contributed by atoms with Crippen LogP contribution in [0.15, 0.2) is 64.6 Å². The number of benzene rings is 2. The molecule has 2 rings (SSSR count). The first-order valence-corrected chi connectivity index (χ1v) is 14.6. The summed E-state index contributed by atoms with van der Waals surface area (Å²) in [6, 6.07) is 12.9. The second kappa shape index (κ2) is 15.3. The standard InChI is InChI=1S/C28H40N4O7S/c1-5-20(4)26(31-28(35)36)27(34)30-24(15-21-9-7-6-8-10-21)25(33)18-32(17-19(2)3)40(38,39)23-13-11-22(12-14-23)16-29-37/h6-14,16,19-20,24-26,31,33,37H,5,15,17-18H2,1-4H3,(H,30,34)(H,35,36)/b29-16+/t20-,24-,25+,26-/m0/s1. The molecule has 2 amide bonds. The van der Waals surface area contributed by atoms with Crippen LogP contribution in [0.4, 0.5) is 4.79 Å². The highest BCUT2D eigenvalue weighted by atomic mass is 32.2. The molecule has 2 aromatic rings. The van der Waals surface area contributed by atoms with Crippen molar-refractivity contribution in [3.05, 3.63) is 65.7 Å². The first-order chi connectivity index (χ1) is 18.9. The highest BCUT2D eigenvalue weighted by Crippen LogP contribution is 2.20. The minimum Gasteiger partial charge on any atom is -0.465 e. The second-order valence-electron chi connectivity index (χ2n) is 10.2. The smallest absolute Gasteiger partial charge is 0.405 e. The quantitative estimate of drug-likeness (QED) is 0.123. The summed E-state index contributed by atoms with van der Waals surface area (Å²) in [5, 5.41) is 37.4. The monoisotopic (exact) mass is 576 g/mol. The highest BCUT2D eigenvalue weighted by Gasteiger charge is 2.33. The van der Waals surface area contributed by atoms with Gasteiger partial charge in [-0.25, -0.2) is 13.2 Å². The van der Waals surface area contributed by atoms with Crippen LogP contribution in [0.1, 0.15) is 45.2 Å². The van der Waals surface area contributed by atoms with Crippen LogP contribution in [-0.4, -0.2) is 77.6 Å². The van der Waals surface area contributed by atoms with Crippen molar-refractivity contribution in [2.24, 2.45) is 17.0 Å². The predicted molar refractivity (Wildman–Crippen MR) is 152 cm³/mol. The first-order valence-electron chi connectivity index (χ1n) is 13.2. The lowest BCUT2D eigenvalue weighted by Crippen LogP contribution is -2.57. The average molecular weight is 577 g/mol. The molecule has 0 unspecified atom stereocenters. The zero-order valence-electron chi connectivity index (χ0n) is 23.3. The van der Waals surface area contributed by atoms with E-state index in [4.69, 9.17) is 5.21 Å². The van der Waals surface area contributed by atoms with Crippen molar-refractivity contribution < 1.29 is 33.4 Å². The average Bonchev–Trinajstić information content (AvgIpc) is 2.91. The number of aliphatic hydroxyl groups is 1. The van der Waals surface area contributed by atoms with Gasteiger partial charge in [0.15, 0.2) is 0 Å². The van der Waals surface area contributed by atoms with E-state index in [1.54, 1.807) is 6.92 Å². The summed E-state index contributed by atoms with van der Waals surface area (Å²) in [5.74, 6) is -0.988. The van der Waals surface area contributed by atoms with Gasteiger partial charge in [-0.3, -0.25) is 4.79 Å². The molecule has 0 aliphatic heterocycles. The third-order valence-electron chi connectivity index (χ3n) is 6.55. The minimum atomic E-state index is -4.04. The molecule has 4 atom stereocenters. The zero-order chi connectivity index (χ0) is 29.9. The van der Waals surface area contributed by atoms with E-state index in [1.807, 2.05) is 51.1 Å². The van der Waals surface area contributed by atoms with Gasteiger partial charge in [0.2, 0.25) is 15.9 Å². The minimum absolute atomic E-state index is 0.00146. The number of oxime groups is 1. The van der Waals surface area contributed by atoms with Crippen molar-refractivity contribution >= 4 is 28.2 Å². The Balaban J connectivity index is 2.39. The van der Waals surface area contributed by atoms with E-state index in [0.717, 1.165) is 5.56 Å². The number of sulfonamides is 1. The molecular formula is C28H40N4O7S. The molecule has 0 saturated carbocycles. The maximum Gasteiger partial charge on any atom is 0.405 e. The van der Waals surface area contributed by atoms with Crippen molar-refractivity contribution in [1.29, 1.82) is 0 Å². The third kappa shape index (κ3) is 9.61. The first kappa shape index (κ1) is 32.7. The fourth-order valence-corrected chi connectivity index (χ4v) is 5.84. The van der Waals surface area contributed by atoms with Gasteiger partial charge in [0.1, 0.15) is 6.04 Å². The van der Waals surface area contributed by atoms with Gasteiger partial charge in [-0.1, -0.05) is 81.7 Å². The summed E-state index contributed by atoms with van der Waals surface area (Å²) in [4.78, 5) is 24.6. The van der Waals surface area contributed by atoms with Crippen molar-refractivity contribution in [3.8, 4) is 0 Å². The van der Waals surface area contributed by atoms with Gasteiger partial charge in [-0.2, -0.15) is 4.31 Å². The number of carbonyl (C=O) groups is 2. The summed E-state index contributed by atoms with van der Waals surface area (Å²) in [6.07, 6.45) is -0.756. The van der Waals surface area contributed by atoms with Gasteiger partial charge < -0.3 is 26.1 Å². The largest absolute Gasteiger partial charge is 0.465 e. The molecule has 0 radical (unpaired) electrons. The Morgan fingerprint density at radius 1 is 1.00 bits per heavy atom. The van der Waals surface area contributed by atoms with Crippen molar-refractivity contribution in [3.63, 3.8) is 0 Å². The molecule has 40 heavy (non-hydrogen) atoms. The Morgan fingerprint density at radius 2 is 1.62 bits per heavy atom. The van der Waals surface area contributed by atoms with E-state index >= 15 is 0 Å². The van der Waals surface area contributed by atoms with Crippen LogP contribution in [0.2, 0.25) is 0 Å². The number of aliphatic hydroxyl groups excluding tert-OH is 1. The van der Waals surface area contributed by atoms with E-state index in [-0.39, 0.29) is 36.2 Å². The fourth-order valence-electron chi connectivity index (χ4n) is 4.21. The zero-order valence-corrected chi connectivity index (χ0v) is 24.1. The van der Waals surface area contributed by atoms with Gasteiger partial charge in [-0.15, -0.1) is 0 Å². The number of hydrogen-bond acceptors (Lipinski definition) is 7. The topological polar surface area (TPSA) is 169 Å². The van der Waals surface area contributed by atoms with Crippen LogP contribution in [-0.2, 0) is 21.2 Å². The fraction of sp³-hybridized carbons (Fsp3) is 0.464. The molecular weight excluding hydrogens is 536 g/mol. The maximum atomic E-state index is 13.6. The lowest BCUT2D eigenvalue weighted by atomic mass is 9.96. The number of rotatable bonds is 15. The Kier molecular flexibility index (Phi) is 12.6. The molecule has 0 saturated heterocycles. The molecule has 12 heteroatoms. The highest BCUT2D eigenvalue weighted by molar-refractivity contribution is 7.89. The normalized spacial score (nSPS) is 15.1. The molecule has 0 spiro atoms. The Morgan fingerprint density at radius 3 is 2.15 bits per heavy atom. The van der Waals surface area contributed by atoms with Crippen molar-refractivity contribution in [2.45, 2.75) is 63.6 Å². The van der Waals surface area contributed by atoms with Crippen LogP contribution in [0, 0.1) is 11.8 Å². The van der Waals surface area contributed by atoms with E-state index < -0.39 is 40.2 Å². The Bertz CT molecular complexity index is 1220. The molecule has 0 aromatic heterocycles. The number of carbonyl (C=O) groups excluding carboxylic acids is 1. The van der Waals surface area contributed by atoms with E-state index in [1.165, 1.54) is 34.8 Å². The Hall–Kier alpha value is -3.48. The van der Waals surface area contributed by atoms with Crippen LogP contribution in [0.25, 0.3) is 0 Å². The van der Waals surface area contributed by atoms with Gasteiger partial charge >= 0.3 is 6.09 Å². The molecule has 2 aromatic carbocycles. The summed E-state index contributed by atoms with van der Waals surface area (Å²) in [6.45, 7) is 7.10. The van der Waals surface area contributed by atoms with Crippen molar-refractivity contribution in [1.82, 2.24) is 14.9 Å². The second-order valence-corrected chi connectivity index (χ2v) is 12.2. The van der Waals surface area contributed by atoms with E-state index in [2.05, 4.69) is 15.8 Å². The van der Waals surface area contributed by atoms with Gasteiger partial charge in [0, 0.05) is 13.1 Å². The molecule has 0 fully saturated rings. The van der Waals surface area contributed by atoms with Crippen LogP contribution < -0.4 is 10.6 Å². The SMILES string of the molecule is CC[C@H](C)[C@H](NC(=O)O)C(=O)N[C@@H](Cc1ccccc1)[C@H](O)CN(CC(C)C)S(=O)(=O)c1ccc(/C=N/O)cc1. The Labute approximate surface area is 236 Å². The molecule has 0 aliphatic carbocycles. The maximum absolute atomic E-state index is 13.6. The van der Waals surface area contributed by atoms with Crippen molar-refractivity contribution in [2.75, 3.05) is 13.1 Å². The predicted octanol–water partition coefficient (Wildman–Crippen LogP) is 2.91. The number of nitrogens with one attached hydrogen (secondary N) is 2. The summed E-state index contributed by atoms with van der Waals surface area (Å²) in [5.41, 5.74) is 1.31. The molecule has 5 N–H and O–H groups in total. The molecule has 220 valence electrons. The van der Waals surface area contributed by atoms with Crippen LogP contribution in [0.3, 0.4) is 0 Å². The van der Waals surface area contributed by atoms with Crippen LogP contribution >= 0.6 is 0 Å². The summed E-state index contributed by atoms with van der Waals surface area (Å²) < 4.78 is 28.4. The number of carboxylic acid groups (broad SMARTS) is 1. The molecule has 11 nitrogen and oxygen atoms in total. The van der Waals surface area contributed by atoms with E-state index in [0.29, 0.717) is 12.0 Å². The lowest BCUT2D eigenvalue weighted by molar-refractivity contribution is -0.125. The van der Waals surface area contributed by atoms with Gasteiger partial charge in [0.25, 0.3) is 0 Å². The molecule has 0 aliphatic rings. The number of hydrogen-bond donors (Lipinski definition) is 5.